The van der Waals surface area contributed by atoms with Crippen molar-refractivity contribution in [3.05, 3.63) is 71.3 Å². The lowest BCUT2D eigenvalue weighted by Crippen LogP contribution is -2.40. The van der Waals surface area contributed by atoms with Gasteiger partial charge in [0.25, 0.3) is 0 Å². The molecule has 30 heavy (non-hydrogen) atoms. The normalized spacial score (nSPS) is 29.7. The largest absolute Gasteiger partial charge is 0.457 e. The van der Waals surface area contributed by atoms with Gasteiger partial charge < -0.3 is 19.1 Å². The SMILES string of the molecule is C[C@]12CO[C@H](c3ccc(C(=O)OCc4ccccc4)cc3)N1C(=O)[C@H](CC1CO1)C2. The average molecular weight is 407 g/mol. The third kappa shape index (κ3) is 3.61. The zero-order valence-corrected chi connectivity index (χ0v) is 17.0. The highest BCUT2D eigenvalue weighted by molar-refractivity contribution is 5.89. The third-order valence-corrected chi connectivity index (χ3v) is 6.24. The van der Waals surface area contributed by atoms with E-state index in [9.17, 15) is 9.59 Å². The number of hydrogen-bond acceptors (Lipinski definition) is 5. The molecule has 3 saturated heterocycles. The van der Waals surface area contributed by atoms with E-state index in [1.807, 2.05) is 47.4 Å². The summed E-state index contributed by atoms with van der Waals surface area (Å²) >= 11 is 0. The van der Waals surface area contributed by atoms with Crippen LogP contribution >= 0.6 is 0 Å². The van der Waals surface area contributed by atoms with Crippen LogP contribution in [0.3, 0.4) is 0 Å². The van der Waals surface area contributed by atoms with Crippen LogP contribution < -0.4 is 0 Å². The molecule has 6 nitrogen and oxygen atoms in total. The van der Waals surface area contributed by atoms with Gasteiger partial charge in [0.1, 0.15) is 6.61 Å². The van der Waals surface area contributed by atoms with Crippen molar-refractivity contribution in [2.75, 3.05) is 13.2 Å². The van der Waals surface area contributed by atoms with Gasteiger partial charge in [-0.05, 0) is 37.5 Å². The summed E-state index contributed by atoms with van der Waals surface area (Å²) in [6.45, 7) is 3.61. The number of carbonyl (C=O) groups excluding carboxylic acids is 2. The Kier molecular flexibility index (Phi) is 4.83. The second-order valence-electron chi connectivity index (χ2n) is 8.64. The predicted molar refractivity (Wildman–Crippen MR) is 108 cm³/mol. The lowest BCUT2D eigenvalue weighted by atomic mass is 9.92. The van der Waals surface area contributed by atoms with E-state index in [0.717, 1.165) is 30.6 Å². The molecule has 0 saturated carbocycles. The predicted octanol–water partition coefficient (Wildman–Crippen LogP) is 3.47. The average Bonchev–Trinajstić information content (AvgIpc) is 3.47. The van der Waals surface area contributed by atoms with Crippen LogP contribution in [-0.2, 0) is 25.6 Å². The standard InChI is InChI=1S/C24H25NO5/c1-24-12-19(11-20-14-28-20)21(26)25(24)22(30-15-24)17-7-9-18(10-8-17)23(27)29-13-16-5-3-2-4-6-16/h2-10,19-20,22H,11-15H2,1H3/t19-,20?,22-,24+/m1/s1. The molecular weight excluding hydrogens is 382 g/mol. The lowest BCUT2D eigenvalue weighted by Gasteiger charge is -2.29. The number of ether oxygens (including phenoxy) is 3. The van der Waals surface area contributed by atoms with E-state index >= 15 is 0 Å². The number of amides is 1. The van der Waals surface area contributed by atoms with Gasteiger partial charge >= 0.3 is 5.97 Å². The molecule has 0 aromatic heterocycles. The number of benzene rings is 2. The first-order chi connectivity index (χ1) is 14.5. The summed E-state index contributed by atoms with van der Waals surface area (Å²) < 4.78 is 16.7. The molecule has 2 aromatic rings. The fourth-order valence-electron chi connectivity index (χ4n) is 4.58. The van der Waals surface area contributed by atoms with Gasteiger partial charge in [0.05, 0.1) is 30.4 Å². The van der Waals surface area contributed by atoms with Crippen molar-refractivity contribution in [2.24, 2.45) is 5.92 Å². The summed E-state index contributed by atoms with van der Waals surface area (Å²) in [6, 6.07) is 16.7. The molecule has 0 N–H and O–H groups in total. The van der Waals surface area contributed by atoms with Crippen molar-refractivity contribution in [3.8, 4) is 0 Å². The molecule has 3 fully saturated rings. The summed E-state index contributed by atoms with van der Waals surface area (Å²) in [5.74, 6) is -0.229. The van der Waals surface area contributed by atoms with Crippen molar-refractivity contribution >= 4 is 11.9 Å². The topological polar surface area (TPSA) is 68.4 Å². The molecule has 3 aliphatic heterocycles. The van der Waals surface area contributed by atoms with E-state index in [4.69, 9.17) is 14.2 Å². The Morgan fingerprint density at radius 2 is 1.87 bits per heavy atom. The third-order valence-electron chi connectivity index (χ3n) is 6.24. The molecule has 0 spiro atoms. The van der Waals surface area contributed by atoms with E-state index in [2.05, 4.69) is 6.92 Å². The van der Waals surface area contributed by atoms with Gasteiger partial charge in [-0.3, -0.25) is 4.79 Å². The van der Waals surface area contributed by atoms with Crippen molar-refractivity contribution < 1.29 is 23.8 Å². The van der Waals surface area contributed by atoms with Crippen LogP contribution in [0.4, 0.5) is 0 Å². The minimum absolute atomic E-state index is 0.00105. The number of hydrogen-bond donors (Lipinski definition) is 0. The van der Waals surface area contributed by atoms with E-state index < -0.39 is 6.23 Å². The molecule has 0 radical (unpaired) electrons. The minimum atomic E-state index is -0.415. The number of nitrogens with zero attached hydrogens (tertiary/aromatic N) is 1. The van der Waals surface area contributed by atoms with E-state index in [1.54, 1.807) is 12.1 Å². The monoisotopic (exact) mass is 407 g/mol. The fraction of sp³-hybridized carbons (Fsp3) is 0.417. The number of fused-ring (bicyclic) bond motifs is 1. The second kappa shape index (κ2) is 7.52. The summed E-state index contributed by atoms with van der Waals surface area (Å²) in [5, 5.41) is 0. The highest BCUT2D eigenvalue weighted by Gasteiger charge is 2.56. The van der Waals surface area contributed by atoms with Crippen LogP contribution in [-0.4, -0.2) is 41.6 Å². The van der Waals surface area contributed by atoms with Gasteiger partial charge in [-0.1, -0.05) is 42.5 Å². The fourth-order valence-corrected chi connectivity index (χ4v) is 4.58. The Hall–Kier alpha value is -2.70. The van der Waals surface area contributed by atoms with Gasteiger partial charge in [-0.15, -0.1) is 0 Å². The van der Waals surface area contributed by atoms with Crippen molar-refractivity contribution in [1.82, 2.24) is 4.90 Å². The van der Waals surface area contributed by atoms with Gasteiger partial charge in [0, 0.05) is 11.5 Å². The van der Waals surface area contributed by atoms with Crippen molar-refractivity contribution in [1.29, 1.82) is 0 Å². The second-order valence-corrected chi connectivity index (χ2v) is 8.64. The molecule has 2 aromatic carbocycles. The minimum Gasteiger partial charge on any atom is -0.457 e. The summed E-state index contributed by atoms with van der Waals surface area (Å²) in [4.78, 5) is 27.3. The van der Waals surface area contributed by atoms with Crippen LogP contribution in [0.5, 0.6) is 0 Å². The molecule has 156 valence electrons. The van der Waals surface area contributed by atoms with E-state index in [0.29, 0.717) is 12.2 Å². The molecule has 5 rings (SSSR count). The maximum absolute atomic E-state index is 13.1. The smallest absolute Gasteiger partial charge is 0.338 e. The van der Waals surface area contributed by atoms with Gasteiger partial charge in [-0.25, -0.2) is 4.79 Å². The first kappa shape index (κ1) is 19.3. The van der Waals surface area contributed by atoms with Crippen LogP contribution in [0, 0.1) is 5.92 Å². The molecule has 3 aliphatic rings. The molecular formula is C24H25NO5. The molecule has 1 unspecified atom stereocenters. The quantitative estimate of drug-likeness (QED) is 0.542. The van der Waals surface area contributed by atoms with Crippen LogP contribution in [0.1, 0.15) is 47.5 Å². The lowest BCUT2D eigenvalue weighted by molar-refractivity contribution is -0.138. The Balaban J connectivity index is 1.26. The first-order valence-electron chi connectivity index (χ1n) is 10.4. The van der Waals surface area contributed by atoms with Crippen LogP contribution in [0.2, 0.25) is 0 Å². The molecule has 6 heteroatoms. The van der Waals surface area contributed by atoms with Crippen LogP contribution in [0.25, 0.3) is 0 Å². The number of esters is 1. The number of carbonyl (C=O) groups is 2. The van der Waals surface area contributed by atoms with Gasteiger partial charge in [0.2, 0.25) is 5.91 Å². The van der Waals surface area contributed by atoms with Crippen molar-refractivity contribution in [3.63, 3.8) is 0 Å². The number of epoxide rings is 1. The van der Waals surface area contributed by atoms with Gasteiger partial charge in [0.15, 0.2) is 6.23 Å². The van der Waals surface area contributed by atoms with E-state index in [-0.39, 0.29) is 36.0 Å². The first-order valence-corrected chi connectivity index (χ1v) is 10.4. The molecule has 4 atom stereocenters. The summed E-state index contributed by atoms with van der Waals surface area (Å²) in [6.07, 6.45) is 1.42. The Labute approximate surface area is 175 Å². The Bertz CT molecular complexity index is 940. The van der Waals surface area contributed by atoms with Crippen LogP contribution in [0.15, 0.2) is 54.6 Å². The van der Waals surface area contributed by atoms with Crippen molar-refractivity contribution in [2.45, 2.75) is 44.2 Å². The molecule has 1 amide bonds. The maximum atomic E-state index is 13.1. The highest BCUT2D eigenvalue weighted by Crippen LogP contribution is 2.48. The van der Waals surface area contributed by atoms with E-state index in [1.165, 1.54) is 0 Å². The summed E-state index contributed by atoms with van der Waals surface area (Å²) in [5.41, 5.74) is 2.01. The maximum Gasteiger partial charge on any atom is 0.338 e. The molecule has 0 aliphatic carbocycles. The Morgan fingerprint density at radius 1 is 1.13 bits per heavy atom. The zero-order valence-electron chi connectivity index (χ0n) is 17.0. The van der Waals surface area contributed by atoms with Gasteiger partial charge in [-0.2, -0.15) is 0 Å². The molecule has 0 bridgehead atoms. The highest BCUT2D eigenvalue weighted by atomic mass is 16.6. The number of rotatable bonds is 6. The Morgan fingerprint density at radius 3 is 2.57 bits per heavy atom. The zero-order chi connectivity index (χ0) is 20.7. The summed E-state index contributed by atoms with van der Waals surface area (Å²) in [7, 11) is 0. The molecule has 3 heterocycles.